The number of hydrogen-bond acceptors (Lipinski definition) is 2. The van der Waals surface area contributed by atoms with Gasteiger partial charge in [0.2, 0.25) is 0 Å². The first-order valence-electron chi connectivity index (χ1n) is 6.16. The highest BCUT2D eigenvalue weighted by atomic mass is 32.1. The number of anilines is 1. The van der Waals surface area contributed by atoms with E-state index >= 15 is 0 Å². The smallest absolute Gasteiger partial charge is 0.171 e. The van der Waals surface area contributed by atoms with E-state index in [2.05, 4.69) is 41.6 Å². The Bertz CT molecular complexity index is 567. The molecule has 98 valence electrons. The Balaban J connectivity index is 1.91. The first-order chi connectivity index (χ1) is 9.15. The van der Waals surface area contributed by atoms with Crippen LogP contribution >= 0.6 is 12.2 Å². The van der Waals surface area contributed by atoms with Gasteiger partial charge in [0.05, 0.1) is 0 Å². The highest BCUT2D eigenvalue weighted by Crippen LogP contribution is 2.15. The third-order valence-corrected chi connectivity index (χ3v) is 3.08. The Morgan fingerprint density at radius 1 is 1.16 bits per heavy atom. The SMILES string of the molecule is Cc1ccc(NC(=S)NCc2ccncc2)c(C)c1. The summed E-state index contributed by atoms with van der Waals surface area (Å²) in [5, 5.41) is 7.02. The fraction of sp³-hybridized carbons (Fsp3) is 0.200. The number of benzene rings is 1. The second-order valence-corrected chi connectivity index (χ2v) is 4.89. The minimum absolute atomic E-state index is 0.628. The molecule has 0 aliphatic carbocycles. The molecule has 0 fully saturated rings. The molecule has 0 amide bonds. The van der Waals surface area contributed by atoms with Crippen LogP contribution in [-0.2, 0) is 6.54 Å². The van der Waals surface area contributed by atoms with E-state index in [9.17, 15) is 0 Å². The van der Waals surface area contributed by atoms with Crippen LogP contribution in [0.15, 0.2) is 42.7 Å². The van der Waals surface area contributed by atoms with Crippen LogP contribution < -0.4 is 10.6 Å². The Hall–Kier alpha value is -1.94. The van der Waals surface area contributed by atoms with Crippen molar-refractivity contribution < 1.29 is 0 Å². The molecule has 2 rings (SSSR count). The molecule has 0 radical (unpaired) electrons. The number of nitrogens with zero attached hydrogens (tertiary/aromatic N) is 1. The van der Waals surface area contributed by atoms with Gasteiger partial charge in [-0.05, 0) is 55.4 Å². The molecule has 1 aromatic heterocycles. The summed E-state index contributed by atoms with van der Waals surface area (Å²) in [5.74, 6) is 0. The van der Waals surface area contributed by atoms with Crippen LogP contribution in [0, 0.1) is 13.8 Å². The van der Waals surface area contributed by atoms with Gasteiger partial charge in [0.25, 0.3) is 0 Å². The summed E-state index contributed by atoms with van der Waals surface area (Å²) in [6.07, 6.45) is 3.55. The number of rotatable bonds is 3. The molecule has 0 atom stereocenters. The molecule has 2 aromatic rings. The van der Waals surface area contributed by atoms with Gasteiger partial charge >= 0.3 is 0 Å². The molecule has 3 nitrogen and oxygen atoms in total. The second-order valence-electron chi connectivity index (χ2n) is 4.48. The highest BCUT2D eigenvalue weighted by molar-refractivity contribution is 7.80. The topological polar surface area (TPSA) is 37.0 Å². The zero-order valence-corrected chi connectivity index (χ0v) is 11.9. The Kier molecular flexibility index (Phi) is 4.47. The number of aromatic nitrogens is 1. The van der Waals surface area contributed by atoms with Crippen molar-refractivity contribution in [3.05, 3.63) is 59.4 Å². The van der Waals surface area contributed by atoms with Crippen molar-refractivity contribution in [3.8, 4) is 0 Å². The lowest BCUT2D eigenvalue weighted by Gasteiger charge is -2.13. The first-order valence-corrected chi connectivity index (χ1v) is 6.57. The van der Waals surface area contributed by atoms with Crippen LogP contribution in [0.4, 0.5) is 5.69 Å². The summed E-state index contributed by atoms with van der Waals surface area (Å²) in [6, 6.07) is 10.2. The lowest BCUT2D eigenvalue weighted by molar-refractivity contribution is 0.921. The minimum Gasteiger partial charge on any atom is -0.358 e. The van der Waals surface area contributed by atoms with Crippen LogP contribution in [0.5, 0.6) is 0 Å². The number of hydrogen-bond donors (Lipinski definition) is 2. The molecule has 1 heterocycles. The molecular weight excluding hydrogens is 254 g/mol. The maximum absolute atomic E-state index is 5.29. The van der Waals surface area contributed by atoms with E-state index in [4.69, 9.17) is 12.2 Å². The minimum atomic E-state index is 0.628. The van der Waals surface area contributed by atoms with Gasteiger partial charge in [0, 0.05) is 24.6 Å². The number of nitrogens with one attached hydrogen (secondary N) is 2. The number of thiocarbonyl (C=S) groups is 1. The maximum Gasteiger partial charge on any atom is 0.171 e. The van der Waals surface area contributed by atoms with Gasteiger partial charge in [-0.15, -0.1) is 0 Å². The van der Waals surface area contributed by atoms with Crippen LogP contribution in [0.3, 0.4) is 0 Å². The van der Waals surface area contributed by atoms with Crippen molar-refractivity contribution in [3.63, 3.8) is 0 Å². The number of aryl methyl sites for hydroxylation is 2. The average Bonchev–Trinajstić information content (AvgIpc) is 2.41. The van der Waals surface area contributed by atoms with Gasteiger partial charge in [-0.2, -0.15) is 0 Å². The maximum atomic E-state index is 5.29. The molecule has 2 N–H and O–H groups in total. The highest BCUT2D eigenvalue weighted by Gasteiger charge is 2.01. The molecule has 1 aromatic carbocycles. The Morgan fingerprint density at radius 3 is 2.58 bits per heavy atom. The molecule has 0 spiro atoms. The molecule has 0 unspecified atom stereocenters. The van der Waals surface area contributed by atoms with Gasteiger partial charge in [-0.1, -0.05) is 17.7 Å². The van der Waals surface area contributed by atoms with Crippen LogP contribution in [-0.4, -0.2) is 10.1 Å². The lowest BCUT2D eigenvalue weighted by atomic mass is 10.1. The van der Waals surface area contributed by atoms with E-state index in [1.165, 1.54) is 11.1 Å². The van der Waals surface area contributed by atoms with Crippen molar-refractivity contribution in [1.29, 1.82) is 0 Å². The summed E-state index contributed by atoms with van der Waals surface area (Å²) in [6.45, 7) is 4.84. The fourth-order valence-electron chi connectivity index (χ4n) is 1.80. The third-order valence-electron chi connectivity index (χ3n) is 2.83. The zero-order valence-electron chi connectivity index (χ0n) is 11.1. The van der Waals surface area contributed by atoms with Crippen molar-refractivity contribution in [2.75, 3.05) is 5.32 Å². The monoisotopic (exact) mass is 271 g/mol. The Labute approximate surface area is 119 Å². The first kappa shape index (κ1) is 13.5. The summed E-state index contributed by atoms with van der Waals surface area (Å²) in [4.78, 5) is 3.98. The normalized spacial score (nSPS) is 10.0. The van der Waals surface area contributed by atoms with E-state index in [0.717, 1.165) is 11.3 Å². The van der Waals surface area contributed by atoms with Crippen molar-refractivity contribution in [1.82, 2.24) is 10.3 Å². The van der Waals surface area contributed by atoms with E-state index in [0.29, 0.717) is 11.7 Å². The molecule has 0 aliphatic rings. The van der Waals surface area contributed by atoms with Gasteiger partial charge in [-0.3, -0.25) is 4.98 Å². The van der Waals surface area contributed by atoms with Crippen molar-refractivity contribution in [2.24, 2.45) is 0 Å². The molecule has 4 heteroatoms. The molecule has 0 aliphatic heterocycles. The van der Waals surface area contributed by atoms with E-state index < -0.39 is 0 Å². The van der Waals surface area contributed by atoms with Crippen LogP contribution in [0.25, 0.3) is 0 Å². The zero-order chi connectivity index (χ0) is 13.7. The van der Waals surface area contributed by atoms with E-state index in [1.54, 1.807) is 12.4 Å². The largest absolute Gasteiger partial charge is 0.358 e. The molecular formula is C15H17N3S. The predicted octanol–water partition coefficient (Wildman–Crippen LogP) is 3.19. The lowest BCUT2D eigenvalue weighted by Crippen LogP contribution is -2.28. The Morgan fingerprint density at radius 2 is 1.89 bits per heavy atom. The van der Waals surface area contributed by atoms with Crippen LogP contribution in [0.2, 0.25) is 0 Å². The molecule has 0 saturated carbocycles. The summed E-state index contributed by atoms with van der Waals surface area (Å²) in [7, 11) is 0. The molecule has 0 saturated heterocycles. The second kappa shape index (κ2) is 6.29. The molecule has 19 heavy (non-hydrogen) atoms. The van der Waals surface area contributed by atoms with Gasteiger partial charge in [0.1, 0.15) is 0 Å². The van der Waals surface area contributed by atoms with Gasteiger partial charge < -0.3 is 10.6 Å². The van der Waals surface area contributed by atoms with Crippen molar-refractivity contribution >= 4 is 23.0 Å². The van der Waals surface area contributed by atoms with Crippen molar-refractivity contribution in [2.45, 2.75) is 20.4 Å². The quantitative estimate of drug-likeness (QED) is 0.841. The standard InChI is InChI=1S/C15H17N3S/c1-11-3-4-14(12(2)9-11)18-15(19)17-10-13-5-7-16-8-6-13/h3-9H,10H2,1-2H3,(H2,17,18,19). The van der Waals surface area contributed by atoms with E-state index in [1.807, 2.05) is 18.2 Å². The van der Waals surface area contributed by atoms with Crippen LogP contribution in [0.1, 0.15) is 16.7 Å². The summed E-state index contributed by atoms with van der Waals surface area (Å²) < 4.78 is 0. The van der Waals surface area contributed by atoms with Gasteiger partial charge in [0.15, 0.2) is 5.11 Å². The van der Waals surface area contributed by atoms with Gasteiger partial charge in [-0.25, -0.2) is 0 Å². The fourth-order valence-corrected chi connectivity index (χ4v) is 1.99. The molecule has 0 bridgehead atoms. The average molecular weight is 271 g/mol. The predicted molar refractivity (Wildman–Crippen MR) is 83.2 cm³/mol. The van der Waals surface area contributed by atoms with E-state index in [-0.39, 0.29) is 0 Å². The third kappa shape index (κ3) is 4.03. The summed E-state index contributed by atoms with van der Waals surface area (Å²) >= 11 is 5.29. The number of pyridine rings is 1. The summed E-state index contributed by atoms with van der Waals surface area (Å²) in [5.41, 5.74) is 4.63.